The average molecular weight is 234 g/mol. The average Bonchev–Trinajstić information content (AvgIpc) is 3.01. The highest BCUT2D eigenvalue weighted by Crippen LogP contribution is 2.25. The van der Waals surface area contributed by atoms with Crippen LogP contribution in [0.2, 0.25) is 0 Å². The Morgan fingerprint density at radius 2 is 1.72 bits per heavy atom. The number of benzene rings is 2. The fourth-order valence-electron chi connectivity index (χ4n) is 2.31. The first-order valence-corrected chi connectivity index (χ1v) is 5.84. The largest absolute Gasteiger partial charge is 0.354 e. The van der Waals surface area contributed by atoms with Gasteiger partial charge < -0.3 is 4.52 Å². The molecule has 0 aliphatic rings. The lowest BCUT2D eigenvalue weighted by Crippen LogP contribution is -1.91. The number of fused-ring (bicyclic) bond motifs is 2. The summed E-state index contributed by atoms with van der Waals surface area (Å²) < 4.78 is 7.41. The Hall–Kier alpha value is -2.55. The maximum Gasteiger partial charge on any atom is 0.188 e. The molecule has 0 aliphatic carbocycles. The van der Waals surface area contributed by atoms with Gasteiger partial charge in [0.05, 0.1) is 10.9 Å². The molecule has 0 unspecified atom stereocenters. The molecule has 0 saturated carbocycles. The Morgan fingerprint density at radius 3 is 2.72 bits per heavy atom. The van der Waals surface area contributed by atoms with Crippen molar-refractivity contribution in [2.24, 2.45) is 0 Å². The van der Waals surface area contributed by atoms with Gasteiger partial charge in [-0.05, 0) is 29.7 Å². The van der Waals surface area contributed by atoms with Gasteiger partial charge in [0.1, 0.15) is 0 Å². The fraction of sp³-hybridized carbons (Fsp3) is 0. The lowest BCUT2D eigenvalue weighted by atomic mass is 10.2. The van der Waals surface area contributed by atoms with Crippen LogP contribution < -0.4 is 0 Å². The van der Waals surface area contributed by atoms with Gasteiger partial charge in [0.2, 0.25) is 0 Å². The molecule has 0 spiro atoms. The molecular weight excluding hydrogens is 224 g/mol. The topological polar surface area (TPSA) is 31.0 Å². The Labute approximate surface area is 103 Å². The predicted octanol–water partition coefficient (Wildman–Crippen LogP) is 3.77. The van der Waals surface area contributed by atoms with Gasteiger partial charge >= 0.3 is 0 Å². The Balaban J connectivity index is 2.08. The zero-order valence-electron chi connectivity index (χ0n) is 9.58. The van der Waals surface area contributed by atoms with Crippen LogP contribution in [0.25, 0.3) is 27.7 Å². The van der Waals surface area contributed by atoms with Gasteiger partial charge in [-0.15, -0.1) is 0 Å². The molecule has 3 nitrogen and oxygen atoms in total. The number of nitrogens with zero attached hydrogens (tertiary/aromatic N) is 2. The minimum Gasteiger partial charge on any atom is -0.354 e. The fourth-order valence-corrected chi connectivity index (χ4v) is 2.31. The molecule has 4 rings (SSSR count). The number of aromatic nitrogens is 2. The number of hydrogen-bond donors (Lipinski definition) is 0. The molecular formula is C15H10N2O. The molecule has 0 bridgehead atoms. The Bertz CT molecular complexity index is 770. The van der Waals surface area contributed by atoms with Gasteiger partial charge in [-0.25, -0.2) is 0 Å². The molecule has 0 radical (unpaired) electrons. The van der Waals surface area contributed by atoms with Gasteiger partial charge in [0, 0.05) is 6.20 Å². The van der Waals surface area contributed by atoms with Crippen molar-refractivity contribution in [2.45, 2.75) is 0 Å². The summed E-state index contributed by atoms with van der Waals surface area (Å²) in [4.78, 5) is 0. The van der Waals surface area contributed by atoms with Crippen LogP contribution in [0.15, 0.2) is 65.3 Å². The highest BCUT2D eigenvalue weighted by atomic mass is 16.5. The van der Waals surface area contributed by atoms with Crippen LogP contribution in [0, 0.1) is 0 Å². The third kappa shape index (κ3) is 1.21. The Kier molecular flexibility index (Phi) is 1.83. The molecule has 0 saturated heterocycles. The molecule has 0 amide bonds. The van der Waals surface area contributed by atoms with Crippen molar-refractivity contribution < 1.29 is 4.52 Å². The lowest BCUT2D eigenvalue weighted by Gasteiger charge is -2.00. The summed E-state index contributed by atoms with van der Waals surface area (Å²) in [5.41, 5.74) is 1.95. The summed E-state index contributed by atoms with van der Waals surface area (Å²) in [5.74, 6) is 0.840. The second-order valence-corrected chi connectivity index (χ2v) is 4.25. The van der Waals surface area contributed by atoms with Gasteiger partial charge in [-0.3, -0.25) is 4.57 Å². The zero-order chi connectivity index (χ0) is 11.9. The van der Waals surface area contributed by atoms with Crippen molar-refractivity contribution in [1.82, 2.24) is 9.72 Å². The number of hydrogen-bond acceptors (Lipinski definition) is 2. The molecule has 2 aromatic heterocycles. The minimum absolute atomic E-state index is 0.810. The van der Waals surface area contributed by atoms with Crippen LogP contribution in [-0.2, 0) is 0 Å². The van der Waals surface area contributed by atoms with Crippen molar-refractivity contribution in [3.05, 3.63) is 60.8 Å². The molecule has 0 fully saturated rings. The molecule has 0 atom stereocenters. The SMILES string of the molecule is c1ccc2c(c1)ccn2-c1noc2ccccc12. The van der Waals surface area contributed by atoms with Crippen molar-refractivity contribution in [3.8, 4) is 5.82 Å². The molecule has 0 N–H and O–H groups in total. The zero-order valence-corrected chi connectivity index (χ0v) is 9.58. The van der Waals surface area contributed by atoms with E-state index < -0.39 is 0 Å². The summed E-state index contributed by atoms with van der Waals surface area (Å²) in [6.45, 7) is 0. The molecule has 4 aromatic rings. The summed E-state index contributed by atoms with van der Waals surface area (Å²) in [6.07, 6.45) is 2.02. The smallest absolute Gasteiger partial charge is 0.188 e. The van der Waals surface area contributed by atoms with E-state index in [-0.39, 0.29) is 0 Å². The third-order valence-corrected chi connectivity index (χ3v) is 3.19. The second kappa shape index (κ2) is 3.47. The molecule has 2 aromatic carbocycles. The monoisotopic (exact) mass is 234 g/mol. The van der Waals surface area contributed by atoms with Crippen molar-refractivity contribution in [3.63, 3.8) is 0 Å². The first kappa shape index (κ1) is 9.48. The summed E-state index contributed by atoms with van der Waals surface area (Å²) >= 11 is 0. The van der Waals surface area contributed by atoms with E-state index in [9.17, 15) is 0 Å². The van der Waals surface area contributed by atoms with E-state index >= 15 is 0 Å². The number of rotatable bonds is 1. The van der Waals surface area contributed by atoms with Gasteiger partial charge in [-0.2, -0.15) is 0 Å². The van der Waals surface area contributed by atoms with E-state index in [0.717, 1.165) is 22.3 Å². The van der Waals surface area contributed by atoms with E-state index in [1.165, 1.54) is 5.39 Å². The summed E-state index contributed by atoms with van der Waals surface area (Å²) in [7, 11) is 0. The van der Waals surface area contributed by atoms with Crippen molar-refractivity contribution in [1.29, 1.82) is 0 Å². The molecule has 18 heavy (non-hydrogen) atoms. The lowest BCUT2D eigenvalue weighted by molar-refractivity contribution is 0.453. The second-order valence-electron chi connectivity index (χ2n) is 4.25. The maximum absolute atomic E-state index is 5.35. The maximum atomic E-state index is 5.35. The van der Waals surface area contributed by atoms with Crippen molar-refractivity contribution >= 4 is 21.9 Å². The van der Waals surface area contributed by atoms with Crippen LogP contribution in [0.3, 0.4) is 0 Å². The van der Waals surface area contributed by atoms with Gasteiger partial charge in [0.25, 0.3) is 0 Å². The van der Waals surface area contributed by atoms with E-state index in [0.29, 0.717) is 0 Å². The molecule has 0 aliphatic heterocycles. The van der Waals surface area contributed by atoms with Crippen LogP contribution in [0.1, 0.15) is 0 Å². The van der Waals surface area contributed by atoms with Crippen LogP contribution in [-0.4, -0.2) is 9.72 Å². The molecule has 2 heterocycles. The van der Waals surface area contributed by atoms with Crippen LogP contribution >= 0.6 is 0 Å². The number of para-hydroxylation sites is 2. The van der Waals surface area contributed by atoms with Crippen LogP contribution in [0.5, 0.6) is 0 Å². The molecule has 3 heteroatoms. The quantitative estimate of drug-likeness (QED) is 0.502. The first-order chi connectivity index (χ1) is 8.93. The highest BCUT2D eigenvalue weighted by Gasteiger charge is 2.10. The predicted molar refractivity (Wildman–Crippen MR) is 70.8 cm³/mol. The van der Waals surface area contributed by atoms with E-state index in [1.807, 2.05) is 42.6 Å². The van der Waals surface area contributed by atoms with Crippen molar-refractivity contribution in [2.75, 3.05) is 0 Å². The normalized spacial score (nSPS) is 11.3. The van der Waals surface area contributed by atoms with Gasteiger partial charge in [-0.1, -0.05) is 35.5 Å². The standard InChI is InChI=1S/C15H10N2O/c1-3-7-13-11(5-1)9-10-17(13)15-12-6-2-4-8-14(12)18-16-15/h1-10H. The first-order valence-electron chi connectivity index (χ1n) is 5.84. The van der Waals surface area contributed by atoms with Crippen LogP contribution in [0.4, 0.5) is 0 Å². The van der Waals surface area contributed by atoms with Gasteiger partial charge in [0.15, 0.2) is 11.4 Å². The minimum atomic E-state index is 0.810. The van der Waals surface area contributed by atoms with E-state index in [1.54, 1.807) is 0 Å². The summed E-state index contributed by atoms with van der Waals surface area (Å²) in [6, 6.07) is 18.2. The molecule has 86 valence electrons. The van der Waals surface area contributed by atoms with E-state index in [4.69, 9.17) is 4.52 Å². The highest BCUT2D eigenvalue weighted by molar-refractivity contribution is 5.88. The third-order valence-electron chi connectivity index (χ3n) is 3.19. The summed E-state index contributed by atoms with van der Waals surface area (Å²) in [5, 5.41) is 6.40. The van der Waals surface area contributed by atoms with E-state index in [2.05, 4.69) is 27.9 Å². The Morgan fingerprint density at radius 1 is 0.889 bits per heavy atom.